The van der Waals surface area contributed by atoms with Gasteiger partial charge in [0, 0.05) is 6.20 Å². The number of pyridine rings is 1. The van der Waals surface area contributed by atoms with E-state index < -0.39 is 0 Å². The molecule has 6 heteroatoms. The van der Waals surface area contributed by atoms with Crippen LogP contribution in [0.1, 0.15) is 5.69 Å². The van der Waals surface area contributed by atoms with Crippen LogP contribution in [-0.4, -0.2) is 24.5 Å². The van der Waals surface area contributed by atoms with E-state index in [0.717, 1.165) is 27.6 Å². The number of nitrogens with zero attached hydrogens (tertiary/aromatic N) is 4. The molecule has 0 aliphatic carbocycles. The second kappa shape index (κ2) is 3.09. The molecule has 0 amide bonds. The van der Waals surface area contributed by atoms with E-state index >= 15 is 0 Å². The van der Waals surface area contributed by atoms with Crippen molar-refractivity contribution in [2.45, 2.75) is 6.92 Å². The molecule has 0 radical (unpaired) electrons. The van der Waals surface area contributed by atoms with Gasteiger partial charge in [0.25, 0.3) is 0 Å². The molecule has 0 fully saturated rings. The molecule has 0 aliphatic heterocycles. The zero-order valence-corrected chi connectivity index (χ0v) is 8.75. The molecule has 3 aromatic rings. The molecule has 5 nitrogen and oxygen atoms in total. The van der Waals surface area contributed by atoms with E-state index in [1.807, 2.05) is 19.1 Å². The third-order valence-electron chi connectivity index (χ3n) is 2.12. The molecule has 0 saturated heterocycles. The van der Waals surface area contributed by atoms with Gasteiger partial charge in [-0.25, -0.2) is 9.97 Å². The minimum atomic E-state index is 0.723. The summed E-state index contributed by atoms with van der Waals surface area (Å²) in [4.78, 5) is 12.7. The van der Waals surface area contributed by atoms with Gasteiger partial charge in [-0.3, -0.25) is 0 Å². The molecule has 15 heavy (non-hydrogen) atoms. The SMILES string of the molecule is Cc1nnsc1-c1nc2ncccc2[nH]1. The third-order valence-corrected chi connectivity index (χ3v) is 2.96. The highest BCUT2D eigenvalue weighted by Gasteiger charge is 2.11. The van der Waals surface area contributed by atoms with Crippen LogP contribution in [0.15, 0.2) is 18.3 Å². The molecule has 0 saturated carbocycles. The Kier molecular flexibility index (Phi) is 1.75. The number of aromatic amines is 1. The lowest BCUT2D eigenvalue weighted by Gasteiger charge is -1.87. The lowest BCUT2D eigenvalue weighted by Crippen LogP contribution is -1.79. The van der Waals surface area contributed by atoms with E-state index in [4.69, 9.17) is 0 Å². The first kappa shape index (κ1) is 8.49. The zero-order chi connectivity index (χ0) is 10.3. The summed E-state index contributed by atoms with van der Waals surface area (Å²) < 4.78 is 3.88. The average Bonchev–Trinajstić information content (AvgIpc) is 2.82. The van der Waals surface area contributed by atoms with Crippen LogP contribution in [0.25, 0.3) is 21.9 Å². The molecule has 3 aromatic heterocycles. The minimum Gasteiger partial charge on any atom is -0.336 e. The quantitative estimate of drug-likeness (QED) is 0.674. The first-order valence-electron chi connectivity index (χ1n) is 4.44. The zero-order valence-electron chi connectivity index (χ0n) is 7.93. The molecular formula is C9H7N5S. The van der Waals surface area contributed by atoms with Crippen LogP contribution in [0.3, 0.4) is 0 Å². The highest BCUT2D eigenvalue weighted by Crippen LogP contribution is 2.24. The van der Waals surface area contributed by atoms with Crippen molar-refractivity contribution in [2.24, 2.45) is 0 Å². The summed E-state index contributed by atoms with van der Waals surface area (Å²) in [6, 6.07) is 3.82. The van der Waals surface area contributed by atoms with Crippen molar-refractivity contribution in [3.8, 4) is 10.7 Å². The van der Waals surface area contributed by atoms with Gasteiger partial charge in [0.1, 0.15) is 4.88 Å². The first-order valence-corrected chi connectivity index (χ1v) is 5.22. The van der Waals surface area contributed by atoms with E-state index in [-0.39, 0.29) is 0 Å². The van der Waals surface area contributed by atoms with E-state index in [1.165, 1.54) is 11.5 Å². The molecule has 0 aromatic carbocycles. The molecule has 1 N–H and O–H groups in total. The lowest BCUT2D eigenvalue weighted by atomic mass is 10.4. The van der Waals surface area contributed by atoms with E-state index in [0.29, 0.717) is 0 Å². The van der Waals surface area contributed by atoms with Crippen molar-refractivity contribution in [3.05, 3.63) is 24.0 Å². The maximum atomic E-state index is 4.38. The summed E-state index contributed by atoms with van der Waals surface area (Å²) in [6.07, 6.45) is 1.73. The minimum absolute atomic E-state index is 0.723. The molecule has 74 valence electrons. The highest BCUT2D eigenvalue weighted by atomic mass is 32.1. The Morgan fingerprint density at radius 1 is 1.40 bits per heavy atom. The summed E-state index contributed by atoms with van der Waals surface area (Å²) in [5.41, 5.74) is 2.54. The maximum absolute atomic E-state index is 4.38. The van der Waals surface area contributed by atoms with Gasteiger partial charge in [-0.05, 0) is 30.6 Å². The second-order valence-corrected chi connectivity index (χ2v) is 3.90. The number of fused-ring (bicyclic) bond motifs is 1. The van der Waals surface area contributed by atoms with Crippen LogP contribution in [0, 0.1) is 6.92 Å². The predicted molar refractivity (Wildman–Crippen MR) is 57.5 cm³/mol. The second-order valence-electron chi connectivity index (χ2n) is 3.15. The van der Waals surface area contributed by atoms with E-state index in [9.17, 15) is 0 Å². The number of nitrogens with one attached hydrogen (secondary N) is 1. The number of rotatable bonds is 1. The van der Waals surface area contributed by atoms with Gasteiger partial charge in [-0.15, -0.1) is 5.10 Å². The fourth-order valence-electron chi connectivity index (χ4n) is 1.40. The molecular weight excluding hydrogens is 210 g/mol. The van der Waals surface area contributed by atoms with Gasteiger partial charge in [-0.2, -0.15) is 0 Å². The van der Waals surface area contributed by atoms with Crippen LogP contribution < -0.4 is 0 Å². The van der Waals surface area contributed by atoms with Gasteiger partial charge in [-0.1, -0.05) is 4.49 Å². The van der Waals surface area contributed by atoms with Crippen molar-refractivity contribution in [1.29, 1.82) is 0 Å². The summed E-state index contributed by atoms with van der Waals surface area (Å²) in [5, 5.41) is 3.95. The summed E-state index contributed by atoms with van der Waals surface area (Å²) in [6.45, 7) is 1.92. The Bertz CT molecular complexity index is 579. The Morgan fingerprint density at radius 2 is 2.33 bits per heavy atom. The monoisotopic (exact) mass is 217 g/mol. The van der Waals surface area contributed by atoms with Gasteiger partial charge in [0.2, 0.25) is 0 Å². The maximum Gasteiger partial charge on any atom is 0.178 e. The topological polar surface area (TPSA) is 67.3 Å². The van der Waals surface area contributed by atoms with Crippen molar-refractivity contribution >= 4 is 22.7 Å². The van der Waals surface area contributed by atoms with E-state index in [1.54, 1.807) is 6.20 Å². The van der Waals surface area contributed by atoms with Gasteiger partial charge < -0.3 is 4.98 Å². The Labute approximate surface area is 89.4 Å². The molecule has 0 unspecified atom stereocenters. The Morgan fingerprint density at radius 3 is 3.07 bits per heavy atom. The molecule has 3 rings (SSSR count). The normalized spacial score (nSPS) is 11.0. The van der Waals surface area contributed by atoms with Crippen LogP contribution in [0.2, 0.25) is 0 Å². The smallest absolute Gasteiger partial charge is 0.178 e. The number of H-pyrrole nitrogens is 1. The van der Waals surface area contributed by atoms with Crippen LogP contribution >= 0.6 is 11.5 Å². The molecule has 3 heterocycles. The van der Waals surface area contributed by atoms with Gasteiger partial charge >= 0.3 is 0 Å². The van der Waals surface area contributed by atoms with E-state index in [2.05, 4.69) is 24.5 Å². The molecule has 0 atom stereocenters. The Balaban J connectivity index is 2.24. The van der Waals surface area contributed by atoms with Crippen molar-refractivity contribution < 1.29 is 0 Å². The van der Waals surface area contributed by atoms with Crippen molar-refractivity contribution in [3.63, 3.8) is 0 Å². The number of hydrogen-bond donors (Lipinski definition) is 1. The summed E-state index contributed by atoms with van der Waals surface area (Å²) >= 11 is 1.34. The first-order chi connectivity index (χ1) is 7.34. The number of hydrogen-bond acceptors (Lipinski definition) is 5. The molecule has 0 bridgehead atoms. The number of imidazole rings is 1. The number of aromatic nitrogens is 5. The molecule has 0 aliphatic rings. The average molecular weight is 217 g/mol. The number of aryl methyl sites for hydroxylation is 1. The van der Waals surface area contributed by atoms with Gasteiger partial charge in [0.15, 0.2) is 11.5 Å². The Hall–Kier alpha value is -1.82. The standard InChI is InChI=1S/C9H7N5S/c1-5-7(15-14-13-5)9-11-6-3-2-4-10-8(6)12-9/h2-4H,1H3,(H,10,11,12). The third kappa shape index (κ3) is 1.30. The lowest BCUT2D eigenvalue weighted by molar-refractivity contribution is 1.09. The van der Waals surface area contributed by atoms with Crippen LogP contribution in [0.4, 0.5) is 0 Å². The van der Waals surface area contributed by atoms with Crippen LogP contribution in [0.5, 0.6) is 0 Å². The van der Waals surface area contributed by atoms with Crippen molar-refractivity contribution in [2.75, 3.05) is 0 Å². The van der Waals surface area contributed by atoms with Crippen LogP contribution in [-0.2, 0) is 0 Å². The molecule has 0 spiro atoms. The largest absolute Gasteiger partial charge is 0.336 e. The van der Waals surface area contributed by atoms with Crippen molar-refractivity contribution in [1.82, 2.24) is 24.5 Å². The summed E-state index contributed by atoms with van der Waals surface area (Å²) in [7, 11) is 0. The summed E-state index contributed by atoms with van der Waals surface area (Å²) in [5.74, 6) is 0.788. The fourth-order valence-corrected chi connectivity index (χ4v) is 2.00. The predicted octanol–water partition coefficient (Wildman–Crippen LogP) is 1.78. The van der Waals surface area contributed by atoms with Gasteiger partial charge in [0.05, 0.1) is 11.2 Å². The fraction of sp³-hybridized carbons (Fsp3) is 0.111. The highest BCUT2D eigenvalue weighted by molar-refractivity contribution is 7.09.